The molecule has 0 amide bonds. The van der Waals surface area contributed by atoms with Crippen molar-refractivity contribution in [2.75, 3.05) is 18.6 Å². The molecule has 2 aromatic carbocycles. The molecule has 0 aliphatic rings. The fourth-order valence-electron chi connectivity index (χ4n) is 3.87. The second-order valence-corrected chi connectivity index (χ2v) is 7.57. The lowest BCUT2D eigenvalue weighted by molar-refractivity contribution is 0.307. The van der Waals surface area contributed by atoms with E-state index in [9.17, 15) is 0 Å². The first-order valence-electron chi connectivity index (χ1n) is 10.1. The van der Waals surface area contributed by atoms with E-state index in [0.717, 1.165) is 27.4 Å². The molecular formula is C23H23N5O2. The molecule has 0 unspecified atom stereocenters. The van der Waals surface area contributed by atoms with E-state index in [0.29, 0.717) is 24.3 Å². The van der Waals surface area contributed by atoms with Crippen LogP contribution >= 0.6 is 0 Å². The predicted molar refractivity (Wildman–Crippen MR) is 118 cm³/mol. The SMILES string of the molecule is CC(C)n1ccc2cc(-c3nc(-c4cccc5c4ccn5NCCO)no3)ccc21. The molecule has 30 heavy (non-hydrogen) atoms. The zero-order valence-corrected chi connectivity index (χ0v) is 16.9. The molecule has 152 valence electrons. The van der Waals surface area contributed by atoms with E-state index in [2.05, 4.69) is 58.4 Å². The molecule has 0 fully saturated rings. The second kappa shape index (κ2) is 7.35. The Morgan fingerprint density at radius 1 is 1.07 bits per heavy atom. The second-order valence-electron chi connectivity index (χ2n) is 7.57. The van der Waals surface area contributed by atoms with Crippen molar-refractivity contribution in [1.82, 2.24) is 19.4 Å². The fraction of sp³-hybridized carbons (Fsp3) is 0.217. The van der Waals surface area contributed by atoms with Crippen LogP contribution in [0.1, 0.15) is 19.9 Å². The average molecular weight is 401 g/mol. The smallest absolute Gasteiger partial charge is 0.258 e. The average Bonchev–Trinajstić information content (AvgIpc) is 3.49. The number of benzene rings is 2. The van der Waals surface area contributed by atoms with Gasteiger partial charge in [-0.2, -0.15) is 4.98 Å². The summed E-state index contributed by atoms with van der Waals surface area (Å²) in [7, 11) is 0. The van der Waals surface area contributed by atoms with E-state index in [1.807, 2.05) is 41.2 Å². The lowest BCUT2D eigenvalue weighted by Gasteiger charge is -2.09. The van der Waals surface area contributed by atoms with Gasteiger partial charge in [-0.25, -0.2) is 0 Å². The Bertz CT molecular complexity index is 1330. The summed E-state index contributed by atoms with van der Waals surface area (Å²) in [4.78, 5) is 4.67. The molecule has 0 spiro atoms. The normalized spacial score (nSPS) is 11.7. The van der Waals surface area contributed by atoms with E-state index in [1.165, 1.54) is 5.52 Å². The van der Waals surface area contributed by atoms with E-state index in [-0.39, 0.29) is 6.61 Å². The number of nitrogens with one attached hydrogen (secondary N) is 1. The maximum absolute atomic E-state index is 9.07. The molecular weight excluding hydrogens is 378 g/mol. The third-order valence-corrected chi connectivity index (χ3v) is 5.32. The lowest BCUT2D eigenvalue weighted by atomic mass is 10.1. The highest BCUT2D eigenvalue weighted by Crippen LogP contribution is 2.30. The van der Waals surface area contributed by atoms with Crippen molar-refractivity contribution in [1.29, 1.82) is 0 Å². The zero-order chi connectivity index (χ0) is 20.7. The number of hydrogen-bond donors (Lipinski definition) is 2. The molecule has 0 aliphatic heterocycles. The van der Waals surface area contributed by atoms with Gasteiger partial charge in [-0.15, -0.1) is 0 Å². The number of aromatic nitrogens is 4. The third kappa shape index (κ3) is 3.04. The molecule has 0 radical (unpaired) electrons. The van der Waals surface area contributed by atoms with Gasteiger partial charge in [0.05, 0.1) is 18.7 Å². The standard InChI is InChI=1S/C23H23N5O2/c1-15(2)27-11-8-16-14-17(6-7-20(16)27)23-25-22(26-30-23)19-4-3-5-21-18(19)9-12-28(21)24-10-13-29/h3-9,11-12,14-15,24,29H,10,13H2,1-2H3. The van der Waals surface area contributed by atoms with Crippen molar-refractivity contribution in [3.63, 3.8) is 0 Å². The minimum absolute atomic E-state index is 0.0679. The first kappa shape index (κ1) is 18.4. The van der Waals surface area contributed by atoms with Crippen molar-refractivity contribution in [3.05, 3.63) is 60.9 Å². The van der Waals surface area contributed by atoms with Crippen LogP contribution in [0.3, 0.4) is 0 Å². The largest absolute Gasteiger partial charge is 0.394 e. The summed E-state index contributed by atoms with van der Waals surface area (Å²) in [6, 6.07) is 16.7. The Hall–Kier alpha value is -3.58. The van der Waals surface area contributed by atoms with Crippen LogP contribution in [0.5, 0.6) is 0 Å². The maximum atomic E-state index is 9.07. The van der Waals surface area contributed by atoms with Crippen LogP contribution in [-0.2, 0) is 0 Å². The van der Waals surface area contributed by atoms with E-state index < -0.39 is 0 Å². The van der Waals surface area contributed by atoms with Gasteiger partial charge in [0.2, 0.25) is 5.82 Å². The maximum Gasteiger partial charge on any atom is 0.258 e. The quantitative estimate of drug-likeness (QED) is 0.440. The Morgan fingerprint density at radius 3 is 2.80 bits per heavy atom. The van der Waals surface area contributed by atoms with Gasteiger partial charge in [-0.1, -0.05) is 17.3 Å². The highest BCUT2D eigenvalue weighted by molar-refractivity contribution is 5.94. The Balaban J connectivity index is 1.51. The number of rotatable bonds is 6. The molecule has 3 aromatic heterocycles. The zero-order valence-electron chi connectivity index (χ0n) is 16.9. The van der Waals surface area contributed by atoms with Gasteiger partial charge >= 0.3 is 0 Å². The molecule has 5 aromatic rings. The molecule has 2 N–H and O–H groups in total. The number of aliphatic hydroxyl groups excluding tert-OH is 1. The summed E-state index contributed by atoms with van der Waals surface area (Å²) in [6.45, 7) is 4.88. The molecule has 0 aliphatic carbocycles. The van der Waals surface area contributed by atoms with Crippen molar-refractivity contribution in [2.24, 2.45) is 0 Å². The summed E-state index contributed by atoms with van der Waals surface area (Å²) < 4.78 is 9.74. The lowest BCUT2D eigenvalue weighted by Crippen LogP contribution is -2.17. The molecule has 0 atom stereocenters. The number of aliphatic hydroxyl groups is 1. The van der Waals surface area contributed by atoms with Crippen molar-refractivity contribution in [2.45, 2.75) is 19.9 Å². The summed E-state index contributed by atoms with van der Waals surface area (Å²) in [6.07, 6.45) is 4.03. The van der Waals surface area contributed by atoms with Crippen LogP contribution < -0.4 is 5.43 Å². The number of hydrogen-bond acceptors (Lipinski definition) is 5. The van der Waals surface area contributed by atoms with E-state index in [1.54, 1.807) is 0 Å². The molecule has 7 nitrogen and oxygen atoms in total. The van der Waals surface area contributed by atoms with Crippen molar-refractivity contribution >= 4 is 21.8 Å². The van der Waals surface area contributed by atoms with Gasteiger partial charge in [0, 0.05) is 45.9 Å². The predicted octanol–water partition coefficient (Wildman–Crippen LogP) is 4.43. The minimum Gasteiger partial charge on any atom is -0.394 e. The molecule has 0 saturated carbocycles. The van der Waals surface area contributed by atoms with Gasteiger partial charge in [-0.05, 0) is 50.2 Å². The summed E-state index contributed by atoms with van der Waals surface area (Å²) >= 11 is 0. The van der Waals surface area contributed by atoms with Crippen molar-refractivity contribution in [3.8, 4) is 22.8 Å². The monoisotopic (exact) mass is 401 g/mol. The van der Waals surface area contributed by atoms with Crippen LogP contribution in [0, 0.1) is 0 Å². The van der Waals surface area contributed by atoms with Crippen molar-refractivity contribution < 1.29 is 9.63 Å². The van der Waals surface area contributed by atoms with Gasteiger partial charge in [0.1, 0.15) is 0 Å². The number of nitrogens with zero attached hydrogens (tertiary/aromatic N) is 4. The topological polar surface area (TPSA) is 81.0 Å². The molecule has 7 heteroatoms. The van der Waals surface area contributed by atoms with Gasteiger partial charge in [0.25, 0.3) is 5.89 Å². The van der Waals surface area contributed by atoms with Crippen LogP contribution in [0.15, 0.2) is 65.4 Å². The van der Waals surface area contributed by atoms with Gasteiger partial charge < -0.3 is 19.6 Å². The Morgan fingerprint density at radius 2 is 1.97 bits per heavy atom. The number of fused-ring (bicyclic) bond motifs is 2. The first-order valence-corrected chi connectivity index (χ1v) is 10.1. The fourth-order valence-corrected chi connectivity index (χ4v) is 3.87. The highest BCUT2D eigenvalue weighted by Gasteiger charge is 2.15. The van der Waals surface area contributed by atoms with Gasteiger partial charge in [-0.3, -0.25) is 4.68 Å². The van der Waals surface area contributed by atoms with Crippen LogP contribution in [0.25, 0.3) is 44.6 Å². The Labute approximate surface area is 173 Å². The van der Waals surface area contributed by atoms with Crippen LogP contribution in [0.2, 0.25) is 0 Å². The molecule has 3 heterocycles. The van der Waals surface area contributed by atoms with Gasteiger partial charge in [0.15, 0.2) is 0 Å². The molecule has 5 rings (SSSR count). The Kier molecular flexibility index (Phi) is 4.52. The first-order chi connectivity index (χ1) is 14.7. The van der Waals surface area contributed by atoms with Crippen LogP contribution in [0.4, 0.5) is 0 Å². The minimum atomic E-state index is 0.0679. The molecule has 0 bridgehead atoms. The highest BCUT2D eigenvalue weighted by atomic mass is 16.5. The van der Waals surface area contributed by atoms with E-state index >= 15 is 0 Å². The third-order valence-electron chi connectivity index (χ3n) is 5.32. The molecule has 0 saturated heterocycles. The van der Waals surface area contributed by atoms with E-state index in [4.69, 9.17) is 9.63 Å². The van der Waals surface area contributed by atoms with Crippen LogP contribution in [-0.4, -0.2) is 37.6 Å². The summed E-state index contributed by atoms with van der Waals surface area (Å²) in [5, 5.41) is 15.5. The summed E-state index contributed by atoms with van der Waals surface area (Å²) in [5.41, 5.74) is 7.14. The summed E-state index contributed by atoms with van der Waals surface area (Å²) in [5.74, 6) is 1.05.